The molecule has 0 bridgehead atoms. The summed E-state index contributed by atoms with van der Waals surface area (Å²) in [6.07, 6.45) is 6.25. The smallest absolute Gasteiger partial charge is 0.319 e. The van der Waals surface area contributed by atoms with Gasteiger partial charge in [-0.1, -0.05) is 30.3 Å². The fourth-order valence-electron chi connectivity index (χ4n) is 2.77. The van der Waals surface area contributed by atoms with Crippen molar-refractivity contribution in [1.82, 2.24) is 15.3 Å². The minimum absolute atomic E-state index is 0.157. The predicted octanol–water partition coefficient (Wildman–Crippen LogP) is 2.83. The fraction of sp³-hybridized carbons (Fsp3) is 0.353. The molecule has 6 heteroatoms. The number of benzene rings is 1. The maximum absolute atomic E-state index is 12.0. The number of nitrogens with one attached hydrogen (secondary N) is 2. The van der Waals surface area contributed by atoms with Crippen LogP contribution in [0.15, 0.2) is 42.7 Å². The lowest BCUT2D eigenvalue weighted by atomic mass is 10.2. The SMILES string of the molecule is CO[C@H]1CC[C@@H](NC(=O)Nc2cnc(-c3ccccc3)nc2)C1. The predicted molar refractivity (Wildman–Crippen MR) is 88.1 cm³/mol. The van der Waals surface area contributed by atoms with Gasteiger partial charge in [-0.3, -0.25) is 0 Å². The zero-order chi connectivity index (χ0) is 16.1. The topological polar surface area (TPSA) is 76.1 Å². The molecule has 3 rings (SSSR count). The molecule has 1 aliphatic rings. The molecule has 2 N–H and O–H groups in total. The van der Waals surface area contributed by atoms with E-state index in [0.717, 1.165) is 24.8 Å². The van der Waals surface area contributed by atoms with Crippen LogP contribution in [-0.4, -0.2) is 35.3 Å². The summed E-state index contributed by atoms with van der Waals surface area (Å²) in [4.78, 5) is 20.6. The number of hydrogen-bond donors (Lipinski definition) is 2. The normalized spacial score (nSPS) is 20.2. The zero-order valence-electron chi connectivity index (χ0n) is 13.0. The van der Waals surface area contributed by atoms with Crippen LogP contribution in [0.3, 0.4) is 0 Å². The van der Waals surface area contributed by atoms with Crippen LogP contribution in [0.4, 0.5) is 10.5 Å². The minimum atomic E-state index is -0.234. The summed E-state index contributed by atoms with van der Waals surface area (Å²) < 4.78 is 5.30. The monoisotopic (exact) mass is 312 g/mol. The van der Waals surface area contributed by atoms with Gasteiger partial charge in [-0.25, -0.2) is 14.8 Å². The Balaban J connectivity index is 1.55. The molecule has 2 amide bonds. The molecule has 6 nitrogen and oxygen atoms in total. The summed E-state index contributed by atoms with van der Waals surface area (Å²) in [6.45, 7) is 0. The maximum Gasteiger partial charge on any atom is 0.319 e. The molecule has 0 spiro atoms. The second-order valence-electron chi connectivity index (χ2n) is 5.63. The molecule has 23 heavy (non-hydrogen) atoms. The Hall–Kier alpha value is -2.47. The third-order valence-electron chi connectivity index (χ3n) is 3.99. The number of rotatable bonds is 4. The first kappa shape index (κ1) is 15.4. The van der Waals surface area contributed by atoms with Gasteiger partial charge < -0.3 is 15.4 Å². The van der Waals surface area contributed by atoms with Crippen LogP contribution < -0.4 is 10.6 Å². The fourth-order valence-corrected chi connectivity index (χ4v) is 2.77. The second-order valence-corrected chi connectivity index (χ2v) is 5.63. The van der Waals surface area contributed by atoms with Crippen molar-refractivity contribution >= 4 is 11.7 Å². The van der Waals surface area contributed by atoms with Crippen molar-refractivity contribution in [3.05, 3.63) is 42.7 Å². The van der Waals surface area contributed by atoms with Gasteiger partial charge in [0, 0.05) is 18.7 Å². The van der Waals surface area contributed by atoms with Crippen molar-refractivity contribution in [1.29, 1.82) is 0 Å². The zero-order valence-corrected chi connectivity index (χ0v) is 13.0. The van der Waals surface area contributed by atoms with Crippen LogP contribution in [0.5, 0.6) is 0 Å². The van der Waals surface area contributed by atoms with E-state index in [1.165, 1.54) is 0 Å². The highest BCUT2D eigenvalue weighted by Gasteiger charge is 2.25. The second kappa shape index (κ2) is 7.19. The summed E-state index contributed by atoms with van der Waals surface area (Å²) in [6, 6.07) is 9.64. The number of amides is 2. The van der Waals surface area contributed by atoms with Gasteiger partial charge in [-0.15, -0.1) is 0 Å². The molecule has 1 aromatic carbocycles. The summed E-state index contributed by atoms with van der Waals surface area (Å²) in [7, 11) is 1.71. The van der Waals surface area contributed by atoms with Gasteiger partial charge in [0.1, 0.15) is 0 Å². The first-order valence-corrected chi connectivity index (χ1v) is 7.72. The van der Waals surface area contributed by atoms with Crippen molar-refractivity contribution in [2.45, 2.75) is 31.4 Å². The Bertz CT molecular complexity index is 645. The molecule has 0 aliphatic heterocycles. The van der Waals surface area contributed by atoms with E-state index in [4.69, 9.17) is 4.74 Å². The van der Waals surface area contributed by atoms with Crippen LogP contribution in [0.25, 0.3) is 11.4 Å². The minimum Gasteiger partial charge on any atom is -0.381 e. The van der Waals surface area contributed by atoms with Crippen LogP contribution in [0.2, 0.25) is 0 Å². The number of carbonyl (C=O) groups excluding carboxylic acids is 1. The molecule has 0 unspecified atom stereocenters. The molecular formula is C17H20N4O2. The number of methoxy groups -OCH3 is 1. The van der Waals surface area contributed by atoms with Crippen LogP contribution in [-0.2, 0) is 4.74 Å². The molecule has 0 radical (unpaired) electrons. The summed E-state index contributed by atoms with van der Waals surface area (Å²) in [5.74, 6) is 0.635. The first-order valence-electron chi connectivity index (χ1n) is 7.72. The van der Waals surface area contributed by atoms with Crippen LogP contribution in [0.1, 0.15) is 19.3 Å². The van der Waals surface area contributed by atoms with Crippen molar-refractivity contribution in [2.75, 3.05) is 12.4 Å². The van der Waals surface area contributed by atoms with E-state index in [-0.39, 0.29) is 18.2 Å². The summed E-state index contributed by atoms with van der Waals surface area (Å²) in [5, 5.41) is 5.72. The Morgan fingerprint density at radius 1 is 1.17 bits per heavy atom. The molecule has 2 atom stereocenters. The van der Waals surface area contributed by atoms with Gasteiger partial charge in [-0.2, -0.15) is 0 Å². The van der Waals surface area contributed by atoms with E-state index >= 15 is 0 Å². The molecule has 1 aliphatic carbocycles. The molecule has 1 saturated carbocycles. The van der Waals surface area contributed by atoms with E-state index in [1.54, 1.807) is 19.5 Å². The molecule has 0 saturated heterocycles. The number of aromatic nitrogens is 2. The Kier molecular flexibility index (Phi) is 4.83. The van der Waals surface area contributed by atoms with Gasteiger partial charge in [0.25, 0.3) is 0 Å². The van der Waals surface area contributed by atoms with E-state index < -0.39 is 0 Å². The average molecular weight is 312 g/mol. The molecule has 2 aromatic rings. The summed E-state index contributed by atoms with van der Waals surface area (Å²) >= 11 is 0. The largest absolute Gasteiger partial charge is 0.381 e. The van der Waals surface area contributed by atoms with E-state index in [1.807, 2.05) is 30.3 Å². The number of urea groups is 1. The van der Waals surface area contributed by atoms with E-state index in [2.05, 4.69) is 20.6 Å². The quantitative estimate of drug-likeness (QED) is 0.910. The van der Waals surface area contributed by atoms with Gasteiger partial charge in [0.05, 0.1) is 24.2 Å². The average Bonchev–Trinajstić information content (AvgIpc) is 3.04. The van der Waals surface area contributed by atoms with Gasteiger partial charge in [-0.05, 0) is 19.3 Å². The Morgan fingerprint density at radius 3 is 2.57 bits per heavy atom. The summed E-state index contributed by atoms with van der Waals surface area (Å²) in [5.41, 5.74) is 1.52. The van der Waals surface area contributed by atoms with Crippen LogP contribution in [0, 0.1) is 0 Å². The lowest BCUT2D eigenvalue weighted by Crippen LogP contribution is -2.36. The van der Waals surface area contributed by atoms with E-state index in [0.29, 0.717) is 11.5 Å². The standard InChI is InChI=1S/C17H20N4O2/c1-23-15-8-7-13(9-15)20-17(22)21-14-10-18-16(19-11-14)12-5-3-2-4-6-12/h2-6,10-11,13,15H,7-9H2,1H3,(H2,20,21,22)/t13-,15+/m1/s1. The Morgan fingerprint density at radius 2 is 1.91 bits per heavy atom. The number of nitrogens with zero attached hydrogens (tertiary/aromatic N) is 2. The number of hydrogen-bond acceptors (Lipinski definition) is 4. The van der Waals surface area contributed by atoms with Crippen molar-refractivity contribution in [3.8, 4) is 11.4 Å². The molecule has 1 fully saturated rings. The first-order chi connectivity index (χ1) is 11.2. The third-order valence-corrected chi connectivity index (χ3v) is 3.99. The highest BCUT2D eigenvalue weighted by Crippen LogP contribution is 2.21. The van der Waals surface area contributed by atoms with Gasteiger partial charge in [0.2, 0.25) is 0 Å². The molecular weight excluding hydrogens is 292 g/mol. The Labute approximate surface area is 135 Å². The molecule has 1 heterocycles. The molecule has 120 valence electrons. The van der Waals surface area contributed by atoms with Crippen LogP contribution >= 0.6 is 0 Å². The highest BCUT2D eigenvalue weighted by molar-refractivity contribution is 5.89. The lowest BCUT2D eigenvalue weighted by molar-refractivity contribution is 0.107. The number of carbonyl (C=O) groups is 1. The van der Waals surface area contributed by atoms with Gasteiger partial charge >= 0.3 is 6.03 Å². The highest BCUT2D eigenvalue weighted by atomic mass is 16.5. The van der Waals surface area contributed by atoms with Crippen molar-refractivity contribution < 1.29 is 9.53 Å². The number of ether oxygens (including phenoxy) is 1. The maximum atomic E-state index is 12.0. The number of anilines is 1. The lowest BCUT2D eigenvalue weighted by Gasteiger charge is -2.13. The van der Waals surface area contributed by atoms with Gasteiger partial charge in [0.15, 0.2) is 5.82 Å². The van der Waals surface area contributed by atoms with Crippen molar-refractivity contribution in [3.63, 3.8) is 0 Å². The molecule has 1 aromatic heterocycles. The third kappa shape index (κ3) is 4.04. The van der Waals surface area contributed by atoms with E-state index in [9.17, 15) is 4.79 Å². The van der Waals surface area contributed by atoms with Crippen molar-refractivity contribution in [2.24, 2.45) is 0 Å².